The Hall–Kier alpha value is -1.39. The van der Waals surface area contributed by atoms with E-state index in [0.717, 1.165) is 18.7 Å². The summed E-state index contributed by atoms with van der Waals surface area (Å²) in [6.45, 7) is 4.05. The lowest BCUT2D eigenvalue weighted by Gasteiger charge is -2.14. The first kappa shape index (κ1) is 11.1. The number of hydrogen-bond acceptors (Lipinski definition) is 4. The lowest BCUT2D eigenvalue weighted by molar-refractivity contribution is 0.0503. The predicted octanol–water partition coefficient (Wildman–Crippen LogP) is 1.88. The highest BCUT2D eigenvalue weighted by Crippen LogP contribution is 2.31. The number of rotatable bonds is 3. The molecule has 0 N–H and O–H groups in total. The first-order chi connectivity index (χ1) is 7.74. The van der Waals surface area contributed by atoms with Crippen LogP contribution in [0, 0.1) is 6.92 Å². The van der Waals surface area contributed by atoms with Gasteiger partial charge in [0.25, 0.3) is 0 Å². The van der Waals surface area contributed by atoms with Crippen molar-refractivity contribution in [3.8, 4) is 0 Å². The van der Waals surface area contributed by atoms with Crippen LogP contribution in [0.3, 0.4) is 0 Å². The summed E-state index contributed by atoms with van der Waals surface area (Å²) in [7, 11) is 0. The maximum absolute atomic E-state index is 11.7. The summed E-state index contributed by atoms with van der Waals surface area (Å²) >= 11 is 0. The third-order valence-corrected chi connectivity index (χ3v) is 3.01. The average molecular weight is 223 g/mol. The summed E-state index contributed by atoms with van der Waals surface area (Å²) in [5.41, 5.74) is 0. The number of ether oxygens (including phenoxy) is 1. The lowest BCUT2D eigenvalue weighted by atomic mass is 10.2. The highest BCUT2D eigenvalue weighted by atomic mass is 16.5. The number of hydrogen-bond donors (Lipinski definition) is 0. The molecular weight excluding hydrogens is 206 g/mol. The SMILES string of the molecule is CCOC(=O)c1nnc(C)n1C1CCCC1. The minimum atomic E-state index is -0.366. The Balaban J connectivity index is 2.27. The van der Waals surface area contributed by atoms with Crippen molar-refractivity contribution in [3.05, 3.63) is 11.6 Å². The summed E-state index contributed by atoms with van der Waals surface area (Å²) in [5, 5.41) is 7.89. The number of aryl methyl sites for hydroxylation is 1. The molecular formula is C11H17N3O2. The van der Waals surface area contributed by atoms with Gasteiger partial charge in [-0.1, -0.05) is 12.8 Å². The van der Waals surface area contributed by atoms with Crippen LogP contribution < -0.4 is 0 Å². The molecule has 1 aliphatic rings. The summed E-state index contributed by atoms with van der Waals surface area (Å²) in [6.07, 6.45) is 4.63. The van der Waals surface area contributed by atoms with Crippen molar-refractivity contribution >= 4 is 5.97 Å². The minimum Gasteiger partial charge on any atom is -0.460 e. The average Bonchev–Trinajstić information content (AvgIpc) is 2.86. The Kier molecular flexibility index (Phi) is 3.22. The van der Waals surface area contributed by atoms with E-state index < -0.39 is 0 Å². The van der Waals surface area contributed by atoms with E-state index in [2.05, 4.69) is 10.2 Å². The predicted molar refractivity (Wildman–Crippen MR) is 58.2 cm³/mol. The molecule has 0 aliphatic heterocycles. The molecule has 0 amide bonds. The summed E-state index contributed by atoms with van der Waals surface area (Å²) in [4.78, 5) is 11.7. The smallest absolute Gasteiger partial charge is 0.376 e. The van der Waals surface area contributed by atoms with Crippen LogP contribution in [0.5, 0.6) is 0 Å². The van der Waals surface area contributed by atoms with Crippen molar-refractivity contribution in [2.45, 2.75) is 45.6 Å². The third-order valence-electron chi connectivity index (χ3n) is 3.01. The molecule has 1 aromatic rings. The molecule has 0 bridgehead atoms. The van der Waals surface area contributed by atoms with Gasteiger partial charge < -0.3 is 9.30 Å². The van der Waals surface area contributed by atoms with Gasteiger partial charge in [-0.05, 0) is 26.7 Å². The summed E-state index contributed by atoms with van der Waals surface area (Å²) in [5.74, 6) is 0.788. The van der Waals surface area contributed by atoms with Gasteiger partial charge in [0, 0.05) is 6.04 Å². The highest BCUT2D eigenvalue weighted by Gasteiger charge is 2.26. The van der Waals surface area contributed by atoms with E-state index >= 15 is 0 Å². The molecule has 88 valence electrons. The van der Waals surface area contributed by atoms with E-state index in [-0.39, 0.29) is 5.97 Å². The van der Waals surface area contributed by atoms with E-state index in [1.165, 1.54) is 12.8 Å². The zero-order chi connectivity index (χ0) is 11.5. The Morgan fingerprint density at radius 1 is 1.44 bits per heavy atom. The second kappa shape index (κ2) is 4.63. The van der Waals surface area contributed by atoms with Gasteiger partial charge in [-0.25, -0.2) is 4.79 Å². The van der Waals surface area contributed by atoms with E-state index in [4.69, 9.17) is 4.74 Å². The monoisotopic (exact) mass is 223 g/mol. The van der Waals surface area contributed by atoms with Crippen molar-refractivity contribution in [1.29, 1.82) is 0 Å². The third kappa shape index (κ3) is 1.94. The van der Waals surface area contributed by atoms with Gasteiger partial charge in [0.05, 0.1) is 6.61 Å². The van der Waals surface area contributed by atoms with Gasteiger partial charge in [-0.15, -0.1) is 10.2 Å². The normalized spacial score (nSPS) is 16.6. The summed E-state index contributed by atoms with van der Waals surface area (Å²) in [6, 6.07) is 0.370. The van der Waals surface area contributed by atoms with Gasteiger partial charge in [-0.2, -0.15) is 0 Å². The molecule has 0 spiro atoms. The maximum Gasteiger partial charge on any atom is 0.376 e. The van der Waals surface area contributed by atoms with Crippen molar-refractivity contribution < 1.29 is 9.53 Å². The molecule has 1 fully saturated rings. The molecule has 1 aliphatic carbocycles. The van der Waals surface area contributed by atoms with Crippen molar-refractivity contribution in [2.24, 2.45) is 0 Å². The molecule has 1 saturated carbocycles. The quantitative estimate of drug-likeness (QED) is 0.734. The van der Waals surface area contributed by atoms with Crippen LogP contribution in [0.25, 0.3) is 0 Å². The molecule has 2 rings (SSSR count). The first-order valence-corrected chi connectivity index (χ1v) is 5.82. The zero-order valence-electron chi connectivity index (χ0n) is 9.77. The van der Waals surface area contributed by atoms with E-state index in [1.54, 1.807) is 6.92 Å². The Labute approximate surface area is 94.8 Å². The van der Waals surface area contributed by atoms with Gasteiger partial charge in [0.2, 0.25) is 5.82 Å². The van der Waals surface area contributed by atoms with Crippen LogP contribution >= 0.6 is 0 Å². The minimum absolute atomic E-state index is 0.353. The van der Waals surface area contributed by atoms with Crippen LogP contribution in [-0.4, -0.2) is 27.3 Å². The molecule has 1 heterocycles. The van der Waals surface area contributed by atoms with Gasteiger partial charge in [0.1, 0.15) is 5.82 Å². The fourth-order valence-corrected chi connectivity index (χ4v) is 2.30. The lowest BCUT2D eigenvalue weighted by Crippen LogP contribution is -2.17. The second-order valence-electron chi connectivity index (χ2n) is 4.10. The molecule has 0 unspecified atom stereocenters. The highest BCUT2D eigenvalue weighted by molar-refractivity contribution is 5.85. The van der Waals surface area contributed by atoms with E-state index in [0.29, 0.717) is 18.5 Å². The van der Waals surface area contributed by atoms with Crippen molar-refractivity contribution in [3.63, 3.8) is 0 Å². The first-order valence-electron chi connectivity index (χ1n) is 5.82. The Morgan fingerprint density at radius 3 is 2.75 bits per heavy atom. The van der Waals surface area contributed by atoms with Crippen LogP contribution in [0.2, 0.25) is 0 Å². The Bertz CT molecular complexity index is 381. The van der Waals surface area contributed by atoms with Gasteiger partial charge >= 0.3 is 5.97 Å². The summed E-state index contributed by atoms with van der Waals surface area (Å²) < 4.78 is 6.91. The molecule has 5 heteroatoms. The topological polar surface area (TPSA) is 57.0 Å². The largest absolute Gasteiger partial charge is 0.460 e. The molecule has 5 nitrogen and oxygen atoms in total. The molecule has 16 heavy (non-hydrogen) atoms. The van der Waals surface area contributed by atoms with Gasteiger partial charge in [0.15, 0.2) is 0 Å². The fourth-order valence-electron chi connectivity index (χ4n) is 2.30. The fraction of sp³-hybridized carbons (Fsp3) is 0.727. The number of carbonyl (C=O) groups is 1. The van der Waals surface area contributed by atoms with E-state index in [9.17, 15) is 4.79 Å². The molecule has 1 aromatic heterocycles. The molecule has 0 aromatic carbocycles. The Morgan fingerprint density at radius 2 is 2.12 bits per heavy atom. The van der Waals surface area contributed by atoms with E-state index in [1.807, 2.05) is 11.5 Å². The number of esters is 1. The maximum atomic E-state index is 11.7. The number of aromatic nitrogens is 3. The molecule has 0 atom stereocenters. The van der Waals surface area contributed by atoms with Crippen LogP contribution in [0.4, 0.5) is 0 Å². The number of carbonyl (C=O) groups excluding carboxylic acids is 1. The van der Waals surface area contributed by atoms with Crippen LogP contribution in [0.15, 0.2) is 0 Å². The van der Waals surface area contributed by atoms with Gasteiger partial charge in [-0.3, -0.25) is 0 Å². The van der Waals surface area contributed by atoms with Crippen LogP contribution in [-0.2, 0) is 4.74 Å². The van der Waals surface area contributed by atoms with Crippen LogP contribution in [0.1, 0.15) is 55.1 Å². The number of nitrogens with zero attached hydrogens (tertiary/aromatic N) is 3. The molecule has 0 radical (unpaired) electrons. The standard InChI is InChI=1S/C11H17N3O2/c1-3-16-11(15)10-13-12-8(2)14(10)9-6-4-5-7-9/h9H,3-7H2,1-2H3. The van der Waals surface area contributed by atoms with Crippen molar-refractivity contribution in [2.75, 3.05) is 6.61 Å². The van der Waals surface area contributed by atoms with Crippen molar-refractivity contribution in [1.82, 2.24) is 14.8 Å². The zero-order valence-corrected chi connectivity index (χ0v) is 9.77. The second-order valence-corrected chi connectivity index (χ2v) is 4.10. The molecule has 0 saturated heterocycles.